The Kier molecular flexibility index (Phi) is 6.19. The molecule has 0 saturated carbocycles. The van der Waals surface area contributed by atoms with E-state index in [9.17, 15) is 9.59 Å². The summed E-state index contributed by atoms with van der Waals surface area (Å²) >= 11 is 6.10. The number of rotatable bonds is 5. The molecule has 0 radical (unpaired) electrons. The van der Waals surface area contributed by atoms with Crippen molar-refractivity contribution >= 4 is 35.0 Å². The van der Waals surface area contributed by atoms with Gasteiger partial charge in [0.25, 0.3) is 5.91 Å². The van der Waals surface area contributed by atoms with Crippen LogP contribution in [0.3, 0.4) is 0 Å². The van der Waals surface area contributed by atoms with Crippen LogP contribution in [0.1, 0.15) is 35.8 Å². The number of aromatic nitrogens is 2. The molecule has 0 aliphatic rings. The SMILES string of the molecule is COC(=O)Nc1ccc(NC(=O)c2cnn(-c3cccc(Cl)c3)c2C(C)C)cc1. The summed E-state index contributed by atoms with van der Waals surface area (Å²) in [4.78, 5) is 24.1. The van der Waals surface area contributed by atoms with Gasteiger partial charge in [0.05, 0.1) is 30.3 Å². The Bertz CT molecular complexity index is 1030. The summed E-state index contributed by atoms with van der Waals surface area (Å²) in [5.41, 5.74) is 3.21. The second-order valence-electron chi connectivity index (χ2n) is 6.64. The molecule has 0 aliphatic carbocycles. The molecule has 0 spiro atoms. The molecule has 150 valence electrons. The number of benzene rings is 2. The molecule has 0 atom stereocenters. The van der Waals surface area contributed by atoms with Crippen molar-refractivity contribution in [3.63, 3.8) is 0 Å². The topological polar surface area (TPSA) is 85.2 Å². The largest absolute Gasteiger partial charge is 0.453 e. The molecule has 3 rings (SSSR count). The Morgan fingerprint density at radius 3 is 2.31 bits per heavy atom. The minimum atomic E-state index is -0.559. The molecular formula is C21H21ClN4O3. The van der Waals surface area contributed by atoms with E-state index < -0.39 is 6.09 Å². The van der Waals surface area contributed by atoms with Gasteiger partial charge in [-0.15, -0.1) is 0 Å². The molecule has 2 N–H and O–H groups in total. The minimum absolute atomic E-state index is 0.0591. The number of carbonyl (C=O) groups is 2. The van der Waals surface area contributed by atoms with Crippen molar-refractivity contribution in [1.29, 1.82) is 0 Å². The van der Waals surface area contributed by atoms with Crippen LogP contribution >= 0.6 is 11.6 Å². The molecule has 1 aromatic heterocycles. The molecule has 2 aromatic carbocycles. The smallest absolute Gasteiger partial charge is 0.411 e. The lowest BCUT2D eigenvalue weighted by molar-refractivity contribution is 0.102. The Hall–Kier alpha value is -3.32. The van der Waals surface area contributed by atoms with Crippen LogP contribution in [0.15, 0.2) is 54.7 Å². The molecule has 0 saturated heterocycles. The highest BCUT2D eigenvalue weighted by Gasteiger charge is 2.21. The lowest BCUT2D eigenvalue weighted by Gasteiger charge is -2.13. The molecule has 1 heterocycles. The van der Waals surface area contributed by atoms with Crippen molar-refractivity contribution in [3.8, 4) is 5.69 Å². The second kappa shape index (κ2) is 8.79. The van der Waals surface area contributed by atoms with Crippen LogP contribution < -0.4 is 10.6 Å². The van der Waals surface area contributed by atoms with E-state index >= 15 is 0 Å². The minimum Gasteiger partial charge on any atom is -0.453 e. The highest BCUT2D eigenvalue weighted by atomic mass is 35.5. The number of ether oxygens (including phenoxy) is 1. The van der Waals surface area contributed by atoms with Crippen molar-refractivity contribution in [2.45, 2.75) is 19.8 Å². The quantitative estimate of drug-likeness (QED) is 0.611. The number of halogens is 1. The normalized spacial score (nSPS) is 10.7. The number of hydrogen-bond acceptors (Lipinski definition) is 4. The number of nitrogens with zero attached hydrogens (tertiary/aromatic N) is 2. The van der Waals surface area contributed by atoms with Crippen molar-refractivity contribution < 1.29 is 14.3 Å². The average Bonchev–Trinajstić information content (AvgIpc) is 3.15. The van der Waals surface area contributed by atoms with Gasteiger partial charge in [-0.3, -0.25) is 10.1 Å². The van der Waals surface area contributed by atoms with Crippen LogP contribution in [0, 0.1) is 0 Å². The number of anilines is 2. The molecule has 0 aliphatic heterocycles. The fraction of sp³-hybridized carbons (Fsp3) is 0.190. The summed E-state index contributed by atoms with van der Waals surface area (Å²) in [7, 11) is 1.29. The Labute approximate surface area is 173 Å². The van der Waals surface area contributed by atoms with Gasteiger partial charge in [-0.2, -0.15) is 5.10 Å². The van der Waals surface area contributed by atoms with Gasteiger partial charge >= 0.3 is 6.09 Å². The first-order valence-electron chi connectivity index (χ1n) is 8.99. The molecule has 8 heteroatoms. The third-order valence-electron chi connectivity index (χ3n) is 4.23. The maximum atomic E-state index is 12.9. The van der Waals surface area contributed by atoms with Gasteiger partial charge in [-0.25, -0.2) is 9.48 Å². The molecular weight excluding hydrogens is 392 g/mol. The van der Waals surface area contributed by atoms with Crippen LogP contribution in [0.2, 0.25) is 5.02 Å². The van der Waals surface area contributed by atoms with E-state index in [2.05, 4.69) is 20.5 Å². The fourth-order valence-corrected chi connectivity index (χ4v) is 3.09. The van der Waals surface area contributed by atoms with Crippen molar-refractivity contribution in [2.75, 3.05) is 17.7 Å². The first-order chi connectivity index (χ1) is 13.9. The van der Waals surface area contributed by atoms with Gasteiger partial charge in [0.2, 0.25) is 0 Å². The van der Waals surface area contributed by atoms with Crippen molar-refractivity contribution in [3.05, 3.63) is 71.0 Å². The Balaban J connectivity index is 1.83. The molecule has 3 aromatic rings. The van der Waals surface area contributed by atoms with E-state index in [1.165, 1.54) is 7.11 Å². The first-order valence-corrected chi connectivity index (χ1v) is 9.37. The van der Waals surface area contributed by atoms with Gasteiger partial charge < -0.3 is 10.1 Å². The summed E-state index contributed by atoms with van der Waals surface area (Å²) in [6.07, 6.45) is 0.996. The number of amides is 2. The van der Waals surface area contributed by atoms with E-state index in [0.29, 0.717) is 22.0 Å². The molecule has 29 heavy (non-hydrogen) atoms. The fourth-order valence-electron chi connectivity index (χ4n) is 2.91. The Morgan fingerprint density at radius 2 is 1.72 bits per heavy atom. The molecule has 7 nitrogen and oxygen atoms in total. The van der Waals surface area contributed by atoms with Crippen LogP contribution in [0.25, 0.3) is 5.69 Å². The Morgan fingerprint density at radius 1 is 1.07 bits per heavy atom. The molecule has 0 fully saturated rings. The summed E-state index contributed by atoms with van der Waals surface area (Å²) in [6, 6.07) is 14.0. The second-order valence-corrected chi connectivity index (χ2v) is 7.07. The molecule has 2 amide bonds. The van der Waals surface area contributed by atoms with E-state index in [1.807, 2.05) is 26.0 Å². The third kappa shape index (κ3) is 4.75. The van der Waals surface area contributed by atoms with Crippen LogP contribution in [0.4, 0.5) is 16.2 Å². The summed E-state index contributed by atoms with van der Waals surface area (Å²) < 4.78 is 6.28. The highest BCUT2D eigenvalue weighted by molar-refractivity contribution is 6.30. The van der Waals surface area contributed by atoms with E-state index in [4.69, 9.17) is 11.6 Å². The standard InChI is InChI=1S/C21H21ClN4O3/c1-13(2)19-18(12-23-26(19)17-6-4-5-14(22)11-17)20(27)24-15-7-9-16(10-8-15)25-21(28)29-3/h4-13H,1-3H3,(H,24,27)(H,25,28). The number of nitrogens with one attached hydrogen (secondary N) is 2. The van der Waals surface area contributed by atoms with Gasteiger partial charge in [0.15, 0.2) is 0 Å². The predicted octanol–water partition coefficient (Wildman–Crippen LogP) is 5.08. The van der Waals surface area contributed by atoms with Gasteiger partial charge in [0, 0.05) is 16.4 Å². The lowest BCUT2D eigenvalue weighted by Crippen LogP contribution is -2.15. The van der Waals surface area contributed by atoms with Gasteiger partial charge in [-0.05, 0) is 48.4 Å². The van der Waals surface area contributed by atoms with Crippen molar-refractivity contribution in [1.82, 2.24) is 9.78 Å². The molecule has 0 bridgehead atoms. The highest BCUT2D eigenvalue weighted by Crippen LogP contribution is 2.25. The average molecular weight is 413 g/mol. The van der Waals surface area contributed by atoms with E-state index in [1.54, 1.807) is 47.3 Å². The van der Waals surface area contributed by atoms with E-state index in [-0.39, 0.29) is 11.8 Å². The lowest BCUT2D eigenvalue weighted by atomic mass is 10.0. The van der Waals surface area contributed by atoms with Gasteiger partial charge in [-0.1, -0.05) is 31.5 Å². The van der Waals surface area contributed by atoms with Gasteiger partial charge in [0.1, 0.15) is 0 Å². The number of methoxy groups -OCH3 is 1. The van der Waals surface area contributed by atoms with E-state index in [0.717, 1.165) is 11.4 Å². The monoisotopic (exact) mass is 412 g/mol. The summed E-state index contributed by atoms with van der Waals surface area (Å²) in [6.45, 7) is 4.00. The predicted molar refractivity (Wildman–Crippen MR) is 113 cm³/mol. The molecule has 0 unspecified atom stereocenters. The number of hydrogen-bond donors (Lipinski definition) is 2. The zero-order chi connectivity index (χ0) is 21.0. The summed E-state index contributed by atoms with van der Waals surface area (Å²) in [5, 5.41) is 10.4. The zero-order valence-corrected chi connectivity index (χ0v) is 17.0. The number of carbonyl (C=O) groups excluding carboxylic acids is 2. The maximum absolute atomic E-state index is 12.9. The van der Waals surface area contributed by atoms with Crippen LogP contribution in [-0.4, -0.2) is 28.9 Å². The van der Waals surface area contributed by atoms with Crippen LogP contribution in [-0.2, 0) is 4.74 Å². The summed E-state index contributed by atoms with van der Waals surface area (Å²) in [5.74, 6) is -0.209. The van der Waals surface area contributed by atoms with Crippen molar-refractivity contribution in [2.24, 2.45) is 0 Å². The maximum Gasteiger partial charge on any atom is 0.411 e. The first kappa shape index (κ1) is 20.4. The van der Waals surface area contributed by atoms with Crippen LogP contribution in [0.5, 0.6) is 0 Å². The third-order valence-corrected chi connectivity index (χ3v) is 4.46. The zero-order valence-electron chi connectivity index (χ0n) is 16.3.